The minimum absolute atomic E-state index is 0.107. The minimum atomic E-state index is -4.44. The number of piperazine rings is 1. The van der Waals surface area contributed by atoms with Crippen LogP contribution < -0.4 is 5.32 Å². The first-order valence-corrected chi connectivity index (χ1v) is 8.76. The van der Waals surface area contributed by atoms with Gasteiger partial charge in [-0.2, -0.15) is 13.2 Å². The number of aliphatic hydroxyl groups is 1. The van der Waals surface area contributed by atoms with Crippen molar-refractivity contribution >= 4 is 0 Å². The van der Waals surface area contributed by atoms with Gasteiger partial charge in [-0.3, -0.25) is 4.90 Å². The number of nitrogens with zero attached hydrogens (tertiary/aromatic N) is 1. The van der Waals surface area contributed by atoms with Crippen LogP contribution in [-0.2, 0) is 6.18 Å². The van der Waals surface area contributed by atoms with E-state index in [0.717, 1.165) is 12.1 Å². The molecular weight excluding hydrogens is 355 g/mol. The Kier molecular flexibility index (Phi) is 5.29. The first kappa shape index (κ1) is 19.5. The highest BCUT2D eigenvalue weighted by molar-refractivity contribution is 5.28. The average Bonchev–Trinajstić information content (AvgIpc) is 2.53. The Morgan fingerprint density at radius 3 is 2.35 bits per heavy atom. The predicted molar refractivity (Wildman–Crippen MR) is 86.9 cm³/mol. The summed E-state index contributed by atoms with van der Waals surface area (Å²) in [7, 11) is 0. The Balaban J connectivity index is 1.90. The van der Waals surface area contributed by atoms with Crippen LogP contribution in [0.2, 0.25) is 0 Å². The Morgan fingerprint density at radius 2 is 1.85 bits per heavy atom. The second kappa shape index (κ2) is 7.05. The molecule has 0 bridgehead atoms. The molecule has 0 radical (unpaired) electrons. The molecule has 1 aromatic carbocycles. The summed E-state index contributed by atoms with van der Waals surface area (Å²) < 4.78 is 65.4. The number of nitrogens with one attached hydrogen (secondary N) is 1. The van der Waals surface area contributed by atoms with Crippen molar-refractivity contribution in [3.05, 3.63) is 35.4 Å². The molecule has 26 heavy (non-hydrogen) atoms. The molecule has 2 aliphatic rings. The van der Waals surface area contributed by atoms with Gasteiger partial charge >= 0.3 is 6.18 Å². The second-order valence-corrected chi connectivity index (χ2v) is 7.43. The molecule has 2 fully saturated rings. The van der Waals surface area contributed by atoms with Crippen molar-refractivity contribution in [1.82, 2.24) is 10.2 Å². The number of benzene rings is 1. The fourth-order valence-corrected chi connectivity index (χ4v) is 4.03. The van der Waals surface area contributed by atoms with Crippen LogP contribution in [0.25, 0.3) is 0 Å². The molecular formula is C18H23F5N2O. The summed E-state index contributed by atoms with van der Waals surface area (Å²) in [6.45, 7) is 2.87. The number of rotatable bonds is 4. The molecule has 0 amide bonds. The average molecular weight is 378 g/mol. The van der Waals surface area contributed by atoms with Gasteiger partial charge in [-0.25, -0.2) is 8.78 Å². The summed E-state index contributed by atoms with van der Waals surface area (Å²) >= 11 is 0. The van der Waals surface area contributed by atoms with E-state index < -0.39 is 23.7 Å². The number of aliphatic hydroxyl groups excluding tert-OH is 1. The molecule has 3 nitrogen and oxygen atoms in total. The highest BCUT2D eigenvalue weighted by Crippen LogP contribution is 2.51. The van der Waals surface area contributed by atoms with E-state index in [-0.39, 0.29) is 37.5 Å². The zero-order chi connectivity index (χ0) is 19.1. The van der Waals surface area contributed by atoms with E-state index in [1.807, 2.05) is 11.8 Å². The molecule has 2 N–H and O–H groups in total. The zero-order valence-corrected chi connectivity index (χ0v) is 14.4. The lowest BCUT2D eigenvalue weighted by Crippen LogP contribution is -2.60. The van der Waals surface area contributed by atoms with Gasteiger partial charge in [0.05, 0.1) is 12.2 Å². The maximum atomic E-state index is 13.5. The highest BCUT2D eigenvalue weighted by Gasteiger charge is 2.51. The molecule has 3 rings (SSSR count). The van der Waals surface area contributed by atoms with Crippen LogP contribution in [0, 0.1) is 5.92 Å². The van der Waals surface area contributed by atoms with E-state index in [4.69, 9.17) is 0 Å². The standard InChI is InChI=1S/C18H23F5N2O/c1-11-9-25(15(10-26)8-24-11)16(13-6-17(19,20)7-13)12-2-4-14(5-3-12)18(21,22)23/h2-5,11,13,15-16,24,26H,6-10H2,1H3/t11-,15-,16?/m0/s1. The molecule has 146 valence electrons. The maximum Gasteiger partial charge on any atom is 0.416 e. The summed E-state index contributed by atoms with van der Waals surface area (Å²) in [5.41, 5.74) is -0.169. The third-order valence-electron chi connectivity index (χ3n) is 5.37. The van der Waals surface area contributed by atoms with Gasteiger partial charge in [0.2, 0.25) is 5.92 Å². The Labute approximate surface area is 149 Å². The molecule has 8 heteroatoms. The Hall–Kier alpha value is -1.25. The van der Waals surface area contributed by atoms with Crippen LogP contribution in [0.3, 0.4) is 0 Å². The topological polar surface area (TPSA) is 35.5 Å². The molecule has 0 aromatic heterocycles. The van der Waals surface area contributed by atoms with Crippen LogP contribution in [-0.4, -0.2) is 47.7 Å². The highest BCUT2D eigenvalue weighted by atomic mass is 19.4. The molecule has 1 saturated carbocycles. The van der Waals surface area contributed by atoms with Crippen molar-refractivity contribution in [3.63, 3.8) is 0 Å². The first-order valence-electron chi connectivity index (χ1n) is 8.76. The summed E-state index contributed by atoms with van der Waals surface area (Å²) in [6, 6.07) is 4.18. The summed E-state index contributed by atoms with van der Waals surface area (Å²) in [4.78, 5) is 1.98. The minimum Gasteiger partial charge on any atom is -0.395 e. The van der Waals surface area contributed by atoms with Gasteiger partial charge < -0.3 is 10.4 Å². The van der Waals surface area contributed by atoms with Gasteiger partial charge in [-0.15, -0.1) is 0 Å². The van der Waals surface area contributed by atoms with Crippen molar-refractivity contribution in [2.24, 2.45) is 5.92 Å². The van der Waals surface area contributed by atoms with E-state index in [0.29, 0.717) is 18.7 Å². The summed E-state index contributed by atoms with van der Waals surface area (Å²) in [5.74, 6) is -3.07. The van der Waals surface area contributed by atoms with Gasteiger partial charge in [0.25, 0.3) is 0 Å². The van der Waals surface area contributed by atoms with Crippen LogP contribution in [0.5, 0.6) is 0 Å². The smallest absolute Gasteiger partial charge is 0.395 e. The molecule has 1 aromatic rings. The first-order chi connectivity index (χ1) is 12.1. The number of hydrogen-bond donors (Lipinski definition) is 2. The summed E-state index contributed by atoms with van der Waals surface area (Å²) in [5, 5.41) is 12.9. The van der Waals surface area contributed by atoms with Crippen molar-refractivity contribution < 1.29 is 27.1 Å². The van der Waals surface area contributed by atoms with Crippen LogP contribution >= 0.6 is 0 Å². The molecule has 1 aliphatic carbocycles. The van der Waals surface area contributed by atoms with E-state index in [2.05, 4.69) is 5.32 Å². The SMILES string of the molecule is C[C@H]1CN(C(c2ccc(C(F)(F)F)cc2)C2CC(F)(F)C2)[C@H](CO)CN1. The fraction of sp³-hybridized carbons (Fsp3) is 0.667. The molecule has 1 heterocycles. The van der Waals surface area contributed by atoms with E-state index in [9.17, 15) is 27.1 Å². The van der Waals surface area contributed by atoms with Crippen LogP contribution in [0.1, 0.15) is 36.9 Å². The van der Waals surface area contributed by atoms with E-state index in [1.165, 1.54) is 12.1 Å². The van der Waals surface area contributed by atoms with Crippen molar-refractivity contribution in [2.75, 3.05) is 19.7 Å². The van der Waals surface area contributed by atoms with E-state index in [1.54, 1.807) is 0 Å². The van der Waals surface area contributed by atoms with Gasteiger partial charge in [0.1, 0.15) is 0 Å². The van der Waals surface area contributed by atoms with Gasteiger partial charge in [-0.05, 0) is 30.5 Å². The zero-order valence-electron chi connectivity index (χ0n) is 14.4. The van der Waals surface area contributed by atoms with E-state index >= 15 is 0 Å². The third kappa shape index (κ3) is 4.02. The number of alkyl halides is 5. The molecule has 1 aliphatic heterocycles. The van der Waals surface area contributed by atoms with Crippen LogP contribution in [0.15, 0.2) is 24.3 Å². The normalized spacial score (nSPS) is 28.6. The molecule has 0 spiro atoms. The number of halogens is 5. The Bertz CT molecular complexity index is 611. The van der Waals surface area contributed by atoms with Crippen LogP contribution in [0.4, 0.5) is 22.0 Å². The maximum absolute atomic E-state index is 13.5. The predicted octanol–water partition coefficient (Wildman–Crippen LogP) is 3.45. The lowest BCUT2D eigenvalue weighted by atomic mass is 9.73. The monoisotopic (exact) mass is 378 g/mol. The van der Waals surface area contributed by atoms with Gasteiger partial charge in [0.15, 0.2) is 0 Å². The quantitative estimate of drug-likeness (QED) is 0.788. The Morgan fingerprint density at radius 1 is 1.23 bits per heavy atom. The number of hydrogen-bond acceptors (Lipinski definition) is 3. The van der Waals surface area contributed by atoms with Crippen molar-refractivity contribution in [2.45, 2.75) is 50.0 Å². The largest absolute Gasteiger partial charge is 0.416 e. The second-order valence-electron chi connectivity index (χ2n) is 7.43. The van der Waals surface area contributed by atoms with Crippen molar-refractivity contribution in [3.8, 4) is 0 Å². The summed E-state index contributed by atoms with van der Waals surface area (Å²) in [6.07, 6.45) is -5.00. The van der Waals surface area contributed by atoms with Crippen molar-refractivity contribution in [1.29, 1.82) is 0 Å². The third-order valence-corrected chi connectivity index (χ3v) is 5.37. The lowest BCUT2D eigenvalue weighted by molar-refractivity contribution is -0.140. The fourth-order valence-electron chi connectivity index (χ4n) is 4.03. The molecule has 1 saturated heterocycles. The van der Waals surface area contributed by atoms with Gasteiger partial charge in [0, 0.05) is 44.1 Å². The van der Waals surface area contributed by atoms with Gasteiger partial charge in [-0.1, -0.05) is 12.1 Å². The molecule has 1 unspecified atom stereocenters. The molecule has 3 atom stereocenters. The lowest BCUT2D eigenvalue weighted by Gasteiger charge is -2.50.